The van der Waals surface area contributed by atoms with Crippen LogP contribution in [0.4, 0.5) is 0 Å². The molecule has 0 amide bonds. The molecule has 0 bridgehead atoms. The molecule has 0 rings (SSSR count). The maximum atomic E-state index is 2.48. The van der Waals surface area contributed by atoms with Crippen LogP contribution in [0.1, 0.15) is 136 Å². The molecule has 0 aliphatic carbocycles. The van der Waals surface area contributed by atoms with Crippen molar-refractivity contribution in [3.63, 3.8) is 0 Å². The zero-order valence-electron chi connectivity index (χ0n) is 18.9. The fraction of sp³-hybridized carbons (Fsp3) is 1.00. The summed E-state index contributed by atoms with van der Waals surface area (Å²) in [5.74, 6) is 0. The van der Waals surface area contributed by atoms with Crippen LogP contribution in [0.3, 0.4) is 0 Å². The molecule has 26 heavy (non-hydrogen) atoms. The average Bonchev–Trinajstić information content (AvgIpc) is 2.60. The summed E-state index contributed by atoms with van der Waals surface area (Å²) < 4.78 is 0. The number of hydrogen-bond acceptors (Lipinski definition) is 1. The Kier molecular flexibility index (Phi) is 25.9. The highest BCUT2D eigenvalue weighted by Crippen LogP contribution is 2.17. The second-order valence-corrected chi connectivity index (χ2v) is 8.50. The minimum Gasteiger partial charge on any atom is -0.306 e. The van der Waals surface area contributed by atoms with Crippen molar-refractivity contribution in [1.29, 1.82) is 0 Å². The Morgan fingerprint density at radius 1 is 0.462 bits per heavy atom. The normalized spacial score (nSPS) is 12.3. The van der Waals surface area contributed by atoms with Crippen LogP contribution in [0.5, 0.6) is 0 Å². The van der Waals surface area contributed by atoms with E-state index >= 15 is 0 Å². The molecule has 1 nitrogen and oxygen atoms in total. The van der Waals surface area contributed by atoms with Gasteiger partial charge in [-0.3, -0.25) is 0 Å². The van der Waals surface area contributed by atoms with Gasteiger partial charge in [0.1, 0.15) is 0 Å². The monoisotopic (exact) mass is 433 g/mol. The van der Waals surface area contributed by atoms with Crippen LogP contribution in [-0.4, -0.2) is 25.0 Å². The van der Waals surface area contributed by atoms with E-state index in [9.17, 15) is 0 Å². The molecule has 0 radical (unpaired) electrons. The van der Waals surface area contributed by atoms with E-state index < -0.39 is 0 Å². The highest BCUT2D eigenvalue weighted by molar-refractivity contribution is 8.93. The average molecular weight is 435 g/mol. The van der Waals surface area contributed by atoms with Crippen molar-refractivity contribution in [2.75, 3.05) is 14.1 Å². The van der Waals surface area contributed by atoms with Crippen molar-refractivity contribution in [2.45, 2.75) is 142 Å². The lowest BCUT2D eigenvalue weighted by Crippen LogP contribution is -2.27. The van der Waals surface area contributed by atoms with Gasteiger partial charge in [-0.1, -0.05) is 123 Å². The maximum Gasteiger partial charge on any atom is 0.00891 e. The number of unbranched alkanes of at least 4 members (excludes halogenated alkanes) is 15. The summed E-state index contributed by atoms with van der Waals surface area (Å²) in [7, 11) is 4.56. The van der Waals surface area contributed by atoms with Crippen molar-refractivity contribution in [3.8, 4) is 0 Å². The first kappa shape index (κ1) is 28.6. The molecule has 2 heteroatoms. The van der Waals surface area contributed by atoms with Crippen molar-refractivity contribution in [1.82, 2.24) is 4.90 Å². The van der Waals surface area contributed by atoms with E-state index in [0.717, 1.165) is 6.04 Å². The molecule has 160 valence electrons. The van der Waals surface area contributed by atoms with Gasteiger partial charge >= 0.3 is 0 Å². The van der Waals surface area contributed by atoms with E-state index in [1.165, 1.54) is 122 Å². The second-order valence-electron chi connectivity index (χ2n) is 8.50. The molecule has 0 saturated heterocycles. The van der Waals surface area contributed by atoms with Gasteiger partial charge in [0.25, 0.3) is 0 Å². The molecule has 0 aromatic rings. The highest BCUT2D eigenvalue weighted by Gasteiger charge is 2.10. The van der Waals surface area contributed by atoms with Crippen molar-refractivity contribution >= 4 is 17.0 Å². The largest absolute Gasteiger partial charge is 0.306 e. The van der Waals surface area contributed by atoms with E-state index in [4.69, 9.17) is 0 Å². The summed E-state index contributed by atoms with van der Waals surface area (Å²) in [5, 5.41) is 0. The van der Waals surface area contributed by atoms with Gasteiger partial charge < -0.3 is 4.90 Å². The summed E-state index contributed by atoms with van der Waals surface area (Å²) >= 11 is 0. The molecule has 0 aromatic carbocycles. The van der Waals surface area contributed by atoms with E-state index in [1.54, 1.807) is 0 Å². The Balaban J connectivity index is 0. The standard InChI is InChI=1S/C24H51N.BrH/c1-5-7-9-11-13-15-17-19-21-23-24(25(3)4)22-20-18-16-14-12-10-8-6-2;/h24H,5-23H2,1-4H3;1H. The molecular formula is C24H52BrN. The minimum absolute atomic E-state index is 0. The molecule has 0 fully saturated rings. The SMILES string of the molecule is Br.CCCCCCCCCCCC(CCCCCCCCCC)N(C)C. The third-order valence-electron chi connectivity index (χ3n) is 5.76. The first-order valence-corrected chi connectivity index (χ1v) is 11.9. The molecule has 0 saturated carbocycles. The predicted octanol–water partition coefficient (Wildman–Crippen LogP) is 8.95. The fourth-order valence-corrected chi connectivity index (χ4v) is 3.87. The van der Waals surface area contributed by atoms with Crippen LogP contribution in [0.2, 0.25) is 0 Å². The van der Waals surface area contributed by atoms with Gasteiger partial charge in [0.05, 0.1) is 0 Å². The zero-order valence-corrected chi connectivity index (χ0v) is 20.6. The first-order valence-electron chi connectivity index (χ1n) is 11.9. The molecule has 0 N–H and O–H groups in total. The lowest BCUT2D eigenvalue weighted by atomic mass is 9.99. The minimum atomic E-state index is 0. The summed E-state index contributed by atoms with van der Waals surface area (Å²) in [5.41, 5.74) is 0. The summed E-state index contributed by atoms with van der Waals surface area (Å²) in [6.45, 7) is 4.60. The number of hydrogen-bond donors (Lipinski definition) is 0. The van der Waals surface area contributed by atoms with Crippen molar-refractivity contribution in [2.24, 2.45) is 0 Å². The maximum absolute atomic E-state index is 2.48. The Morgan fingerprint density at radius 2 is 0.731 bits per heavy atom. The first-order chi connectivity index (χ1) is 12.2. The lowest BCUT2D eigenvalue weighted by molar-refractivity contribution is 0.251. The van der Waals surface area contributed by atoms with E-state index in [0.29, 0.717) is 0 Å². The van der Waals surface area contributed by atoms with Crippen LogP contribution < -0.4 is 0 Å². The fourth-order valence-electron chi connectivity index (χ4n) is 3.87. The predicted molar refractivity (Wildman–Crippen MR) is 127 cm³/mol. The van der Waals surface area contributed by atoms with Crippen LogP contribution in [0, 0.1) is 0 Å². The van der Waals surface area contributed by atoms with Crippen LogP contribution in [0.25, 0.3) is 0 Å². The summed E-state index contributed by atoms with van der Waals surface area (Å²) in [6, 6.07) is 0.824. The molecule has 0 spiro atoms. The second kappa shape index (κ2) is 23.5. The molecule has 0 aliphatic heterocycles. The van der Waals surface area contributed by atoms with Crippen LogP contribution >= 0.6 is 17.0 Å². The van der Waals surface area contributed by atoms with Gasteiger partial charge in [0.2, 0.25) is 0 Å². The molecule has 0 aromatic heterocycles. The highest BCUT2D eigenvalue weighted by atomic mass is 79.9. The van der Waals surface area contributed by atoms with E-state index in [-0.39, 0.29) is 17.0 Å². The Labute approximate surface area is 177 Å². The molecular weight excluding hydrogens is 382 g/mol. The molecule has 1 unspecified atom stereocenters. The Bertz CT molecular complexity index is 242. The molecule has 0 aliphatic rings. The number of halogens is 1. The molecule has 0 heterocycles. The van der Waals surface area contributed by atoms with E-state index in [2.05, 4.69) is 32.8 Å². The number of nitrogens with zero attached hydrogens (tertiary/aromatic N) is 1. The number of rotatable bonds is 20. The van der Waals surface area contributed by atoms with Gasteiger partial charge in [0, 0.05) is 6.04 Å². The van der Waals surface area contributed by atoms with E-state index in [1.807, 2.05) is 0 Å². The Hall–Kier alpha value is 0.440. The van der Waals surface area contributed by atoms with Gasteiger partial charge in [-0.05, 0) is 26.9 Å². The third kappa shape index (κ3) is 20.7. The van der Waals surface area contributed by atoms with Crippen LogP contribution in [0.15, 0.2) is 0 Å². The summed E-state index contributed by atoms with van der Waals surface area (Å²) in [4.78, 5) is 2.48. The zero-order chi connectivity index (χ0) is 18.6. The van der Waals surface area contributed by atoms with Gasteiger partial charge in [-0.25, -0.2) is 0 Å². The van der Waals surface area contributed by atoms with Crippen molar-refractivity contribution < 1.29 is 0 Å². The summed E-state index contributed by atoms with van der Waals surface area (Å²) in [6.07, 6.45) is 27.4. The third-order valence-corrected chi connectivity index (χ3v) is 5.76. The van der Waals surface area contributed by atoms with Crippen LogP contribution in [-0.2, 0) is 0 Å². The van der Waals surface area contributed by atoms with Gasteiger partial charge in [-0.15, -0.1) is 17.0 Å². The smallest absolute Gasteiger partial charge is 0.00891 e. The Morgan fingerprint density at radius 3 is 1.00 bits per heavy atom. The molecule has 1 atom stereocenters. The quantitative estimate of drug-likeness (QED) is 0.173. The van der Waals surface area contributed by atoms with Gasteiger partial charge in [0.15, 0.2) is 0 Å². The van der Waals surface area contributed by atoms with Crippen molar-refractivity contribution in [3.05, 3.63) is 0 Å². The lowest BCUT2D eigenvalue weighted by Gasteiger charge is -2.24. The topological polar surface area (TPSA) is 3.24 Å². The van der Waals surface area contributed by atoms with Gasteiger partial charge in [-0.2, -0.15) is 0 Å².